The summed E-state index contributed by atoms with van der Waals surface area (Å²) in [6.45, 7) is 2.18. The Morgan fingerprint density at radius 1 is 1.29 bits per heavy atom. The third-order valence-corrected chi connectivity index (χ3v) is 3.35. The van der Waals surface area contributed by atoms with Crippen LogP contribution in [0.2, 0.25) is 0 Å². The number of carbonyl (C=O) groups is 1. The maximum absolute atomic E-state index is 11.7. The molecule has 0 radical (unpaired) electrons. The molecule has 17 heavy (non-hydrogen) atoms. The Morgan fingerprint density at radius 3 is 2.59 bits per heavy atom. The first kappa shape index (κ1) is 11.8. The molecule has 0 saturated heterocycles. The molecule has 2 amide bonds. The molecule has 1 aromatic carbocycles. The summed E-state index contributed by atoms with van der Waals surface area (Å²) in [5, 5.41) is 5.82. The molecule has 1 saturated carbocycles. The molecular weight excluding hydrogens is 214 g/mol. The number of carbonyl (C=O) groups excluding carboxylic acids is 1. The zero-order valence-electron chi connectivity index (χ0n) is 10.1. The molecule has 1 fully saturated rings. The fourth-order valence-electron chi connectivity index (χ4n) is 2.26. The van der Waals surface area contributed by atoms with E-state index in [-0.39, 0.29) is 6.03 Å². The average molecular weight is 233 g/mol. The normalized spacial score (nSPS) is 23.4. The third-order valence-electron chi connectivity index (χ3n) is 3.35. The molecule has 92 valence electrons. The highest BCUT2D eigenvalue weighted by molar-refractivity contribution is 5.89. The molecule has 0 spiro atoms. The topological polar surface area (TPSA) is 67.2 Å². The number of hydrogen-bond acceptors (Lipinski definition) is 2. The molecule has 1 aliphatic carbocycles. The van der Waals surface area contributed by atoms with Gasteiger partial charge in [0, 0.05) is 17.4 Å². The molecule has 0 aromatic heterocycles. The number of benzene rings is 1. The van der Waals surface area contributed by atoms with Crippen molar-refractivity contribution in [3.8, 4) is 0 Å². The third kappa shape index (κ3) is 3.12. The molecule has 2 rings (SSSR count). The quantitative estimate of drug-likeness (QED) is 0.687. The second-order valence-electron chi connectivity index (χ2n) is 4.74. The fourth-order valence-corrected chi connectivity index (χ4v) is 2.26. The van der Waals surface area contributed by atoms with Crippen molar-refractivity contribution in [1.82, 2.24) is 5.32 Å². The second kappa shape index (κ2) is 5.08. The molecule has 0 bridgehead atoms. The van der Waals surface area contributed by atoms with Crippen LogP contribution in [-0.2, 0) is 0 Å². The Labute approximate surface area is 102 Å². The van der Waals surface area contributed by atoms with Gasteiger partial charge in [-0.05, 0) is 43.0 Å². The van der Waals surface area contributed by atoms with E-state index in [1.165, 1.54) is 12.8 Å². The molecule has 0 aliphatic heterocycles. The van der Waals surface area contributed by atoms with Gasteiger partial charge in [0.15, 0.2) is 0 Å². The molecule has 2 atom stereocenters. The highest BCUT2D eigenvalue weighted by Crippen LogP contribution is 2.24. The number of nitrogen functional groups attached to an aromatic ring is 1. The monoisotopic (exact) mass is 233 g/mol. The predicted molar refractivity (Wildman–Crippen MR) is 69.8 cm³/mol. The minimum atomic E-state index is -0.131. The summed E-state index contributed by atoms with van der Waals surface area (Å²) >= 11 is 0. The number of nitrogens with two attached hydrogens (primary N) is 1. The Hall–Kier alpha value is -1.71. The van der Waals surface area contributed by atoms with Gasteiger partial charge in [0.1, 0.15) is 0 Å². The molecule has 2 unspecified atom stereocenters. The number of urea groups is 1. The lowest BCUT2D eigenvalue weighted by Crippen LogP contribution is -2.39. The van der Waals surface area contributed by atoms with Gasteiger partial charge in [-0.25, -0.2) is 4.79 Å². The first-order valence-corrected chi connectivity index (χ1v) is 6.08. The van der Waals surface area contributed by atoms with Crippen molar-refractivity contribution in [3.63, 3.8) is 0 Å². The molecule has 0 heterocycles. The summed E-state index contributed by atoms with van der Waals surface area (Å²) < 4.78 is 0. The van der Waals surface area contributed by atoms with Crippen LogP contribution >= 0.6 is 0 Å². The zero-order chi connectivity index (χ0) is 12.3. The van der Waals surface area contributed by atoms with Crippen LogP contribution in [0.3, 0.4) is 0 Å². The van der Waals surface area contributed by atoms with Gasteiger partial charge >= 0.3 is 6.03 Å². The van der Waals surface area contributed by atoms with Gasteiger partial charge in [-0.1, -0.05) is 13.3 Å². The van der Waals surface area contributed by atoms with Gasteiger partial charge in [0.05, 0.1) is 0 Å². The lowest BCUT2D eigenvalue weighted by Gasteiger charge is -2.17. The van der Waals surface area contributed by atoms with Crippen molar-refractivity contribution in [2.75, 3.05) is 11.1 Å². The molecule has 4 heteroatoms. The van der Waals surface area contributed by atoms with Gasteiger partial charge in [-0.15, -0.1) is 0 Å². The molecular formula is C13H19N3O. The molecule has 1 aliphatic rings. The van der Waals surface area contributed by atoms with Gasteiger partial charge in [-0.3, -0.25) is 0 Å². The largest absolute Gasteiger partial charge is 0.399 e. The van der Waals surface area contributed by atoms with Crippen molar-refractivity contribution in [3.05, 3.63) is 24.3 Å². The van der Waals surface area contributed by atoms with Crippen molar-refractivity contribution in [2.45, 2.75) is 32.2 Å². The average Bonchev–Trinajstić information content (AvgIpc) is 2.68. The van der Waals surface area contributed by atoms with Crippen LogP contribution in [0.15, 0.2) is 24.3 Å². The Balaban J connectivity index is 1.86. The van der Waals surface area contributed by atoms with Crippen molar-refractivity contribution in [1.29, 1.82) is 0 Å². The van der Waals surface area contributed by atoms with Crippen molar-refractivity contribution >= 4 is 17.4 Å². The van der Waals surface area contributed by atoms with E-state index in [1.807, 2.05) is 0 Å². The van der Waals surface area contributed by atoms with E-state index in [2.05, 4.69) is 17.6 Å². The van der Waals surface area contributed by atoms with E-state index in [4.69, 9.17) is 5.73 Å². The van der Waals surface area contributed by atoms with E-state index in [0.717, 1.165) is 12.1 Å². The maximum Gasteiger partial charge on any atom is 0.319 e. The van der Waals surface area contributed by atoms with Crippen LogP contribution in [0.1, 0.15) is 26.2 Å². The highest BCUT2D eigenvalue weighted by atomic mass is 16.2. The van der Waals surface area contributed by atoms with Crippen molar-refractivity contribution in [2.24, 2.45) is 5.92 Å². The summed E-state index contributed by atoms with van der Waals surface area (Å²) in [4.78, 5) is 11.7. The number of amides is 2. The zero-order valence-corrected chi connectivity index (χ0v) is 10.1. The summed E-state index contributed by atoms with van der Waals surface area (Å²) in [5.74, 6) is 0.576. The number of anilines is 2. The van der Waals surface area contributed by atoms with E-state index in [1.54, 1.807) is 24.3 Å². The number of nitrogens with one attached hydrogen (secondary N) is 2. The maximum atomic E-state index is 11.7. The van der Waals surface area contributed by atoms with Crippen LogP contribution in [0.4, 0.5) is 16.2 Å². The van der Waals surface area contributed by atoms with Gasteiger partial charge in [0.2, 0.25) is 0 Å². The summed E-state index contributed by atoms with van der Waals surface area (Å²) in [5.41, 5.74) is 7.04. The van der Waals surface area contributed by atoms with Crippen LogP contribution in [0.5, 0.6) is 0 Å². The lowest BCUT2D eigenvalue weighted by molar-refractivity contribution is 0.246. The summed E-state index contributed by atoms with van der Waals surface area (Å²) in [6.07, 6.45) is 3.48. The van der Waals surface area contributed by atoms with Crippen molar-refractivity contribution < 1.29 is 4.79 Å². The molecule has 4 N–H and O–H groups in total. The van der Waals surface area contributed by atoms with E-state index in [9.17, 15) is 4.79 Å². The van der Waals surface area contributed by atoms with Crippen LogP contribution < -0.4 is 16.4 Å². The number of rotatable bonds is 2. The van der Waals surface area contributed by atoms with Gasteiger partial charge in [0.25, 0.3) is 0 Å². The smallest absolute Gasteiger partial charge is 0.319 e. The highest BCUT2D eigenvalue weighted by Gasteiger charge is 2.24. The number of hydrogen-bond donors (Lipinski definition) is 3. The first-order valence-electron chi connectivity index (χ1n) is 6.08. The van der Waals surface area contributed by atoms with Gasteiger partial charge in [-0.2, -0.15) is 0 Å². The lowest BCUT2D eigenvalue weighted by atomic mass is 10.1. The SMILES string of the molecule is CC1CCCC1NC(=O)Nc1ccc(N)cc1. The molecule has 4 nitrogen and oxygen atoms in total. The van der Waals surface area contributed by atoms with E-state index in [0.29, 0.717) is 17.6 Å². The summed E-state index contributed by atoms with van der Waals surface area (Å²) in [7, 11) is 0. The van der Waals surface area contributed by atoms with E-state index < -0.39 is 0 Å². The Morgan fingerprint density at radius 2 is 2.00 bits per heavy atom. The fraction of sp³-hybridized carbons (Fsp3) is 0.462. The second-order valence-corrected chi connectivity index (χ2v) is 4.74. The van der Waals surface area contributed by atoms with E-state index >= 15 is 0 Å². The Bertz CT molecular complexity index is 388. The minimum absolute atomic E-state index is 0.131. The summed E-state index contributed by atoms with van der Waals surface area (Å²) in [6, 6.07) is 7.32. The Kier molecular flexibility index (Phi) is 3.52. The van der Waals surface area contributed by atoms with Crippen LogP contribution in [0.25, 0.3) is 0 Å². The van der Waals surface area contributed by atoms with Crippen LogP contribution in [0, 0.1) is 5.92 Å². The van der Waals surface area contributed by atoms with Gasteiger partial charge < -0.3 is 16.4 Å². The minimum Gasteiger partial charge on any atom is -0.399 e. The molecule has 1 aromatic rings. The standard InChI is InChI=1S/C13H19N3O/c1-9-3-2-4-12(9)16-13(17)15-11-7-5-10(14)6-8-11/h5-9,12H,2-4,14H2,1H3,(H2,15,16,17). The van der Waals surface area contributed by atoms with Crippen LogP contribution in [-0.4, -0.2) is 12.1 Å². The first-order chi connectivity index (χ1) is 8.15. The predicted octanol–water partition coefficient (Wildman–Crippen LogP) is 2.58.